The summed E-state index contributed by atoms with van der Waals surface area (Å²) in [5, 5.41) is 0. The molecule has 2 heterocycles. The maximum absolute atomic E-state index is 12.9. The van der Waals surface area contributed by atoms with Crippen molar-refractivity contribution in [3.8, 4) is 0 Å². The highest BCUT2D eigenvalue weighted by atomic mass is 19.4. The van der Waals surface area contributed by atoms with Crippen LogP contribution in [0.2, 0.25) is 0 Å². The molecular formula is C23H36F3N3. The highest BCUT2D eigenvalue weighted by Gasteiger charge is 2.30. The van der Waals surface area contributed by atoms with Crippen LogP contribution < -0.4 is 0 Å². The van der Waals surface area contributed by atoms with Crippen molar-refractivity contribution in [3.05, 3.63) is 35.4 Å². The van der Waals surface area contributed by atoms with Gasteiger partial charge in [0.15, 0.2) is 0 Å². The normalized spacial score (nSPS) is 21.0. The Bertz CT molecular complexity index is 604. The first-order valence-corrected chi connectivity index (χ1v) is 11.3. The molecule has 3 rings (SSSR count). The first kappa shape index (κ1) is 22.6. The molecule has 1 aromatic rings. The number of likely N-dealkylation sites (tertiary alicyclic amines) is 1. The fraction of sp³-hybridized carbons (Fsp3) is 0.739. The molecule has 0 radical (unpaired) electrons. The lowest BCUT2D eigenvalue weighted by atomic mass is 9.89. The van der Waals surface area contributed by atoms with Gasteiger partial charge < -0.3 is 14.7 Å². The summed E-state index contributed by atoms with van der Waals surface area (Å²) in [5.41, 5.74) is 0.296. The molecule has 0 saturated carbocycles. The van der Waals surface area contributed by atoms with Crippen LogP contribution in [-0.2, 0) is 12.6 Å². The van der Waals surface area contributed by atoms with Crippen LogP contribution in [-0.4, -0.2) is 73.6 Å². The lowest BCUT2D eigenvalue weighted by Gasteiger charge is -2.34. The van der Waals surface area contributed by atoms with Crippen LogP contribution in [0.15, 0.2) is 24.3 Å². The van der Waals surface area contributed by atoms with Gasteiger partial charge in [0, 0.05) is 26.2 Å². The van der Waals surface area contributed by atoms with E-state index in [2.05, 4.69) is 21.6 Å². The number of hydrogen-bond acceptors (Lipinski definition) is 3. The molecule has 1 aromatic carbocycles. The zero-order valence-corrected chi connectivity index (χ0v) is 17.8. The Labute approximate surface area is 173 Å². The van der Waals surface area contributed by atoms with E-state index in [0.29, 0.717) is 5.92 Å². The van der Waals surface area contributed by atoms with Gasteiger partial charge in [0.25, 0.3) is 0 Å². The number of likely N-dealkylation sites (N-methyl/N-ethyl adjacent to an activating group) is 1. The minimum atomic E-state index is -4.25. The van der Waals surface area contributed by atoms with Crippen molar-refractivity contribution in [1.82, 2.24) is 14.7 Å². The van der Waals surface area contributed by atoms with Gasteiger partial charge in [-0.3, -0.25) is 0 Å². The molecular weight excluding hydrogens is 375 g/mol. The standard InChI is InChI=1S/C23H36F3N3/c1-2-27-14-16-29(17-15-27)11-4-3-10-28-12-8-20(9-13-28)18-21-6-5-7-22(19-21)23(24,25)26/h5-7,19-20H,2-4,8-18H2,1H3. The number of nitrogens with zero attached hydrogens (tertiary/aromatic N) is 3. The Hall–Kier alpha value is -1.11. The fourth-order valence-electron chi connectivity index (χ4n) is 4.62. The summed E-state index contributed by atoms with van der Waals surface area (Å²) in [6.45, 7) is 12.7. The van der Waals surface area contributed by atoms with Gasteiger partial charge in [-0.2, -0.15) is 13.2 Å². The molecule has 2 saturated heterocycles. The van der Waals surface area contributed by atoms with E-state index in [-0.39, 0.29) is 0 Å². The summed E-state index contributed by atoms with van der Waals surface area (Å²) in [6.07, 6.45) is 1.21. The highest BCUT2D eigenvalue weighted by Crippen LogP contribution is 2.31. The van der Waals surface area contributed by atoms with E-state index in [4.69, 9.17) is 0 Å². The summed E-state index contributed by atoms with van der Waals surface area (Å²) < 4.78 is 38.7. The van der Waals surface area contributed by atoms with E-state index < -0.39 is 11.7 Å². The van der Waals surface area contributed by atoms with Crippen LogP contribution in [0.4, 0.5) is 13.2 Å². The third kappa shape index (κ3) is 7.26. The topological polar surface area (TPSA) is 9.72 Å². The molecule has 29 heavy (non-hydrogen) atoms. The molecule has 0 bridgehead atoms. The Morgan fingerprint density at radius 3 is 2.03 bits per heavy atom. The van der Waals surface area contributed by atoms with Crippen molar-refractivity contribution in [2.24, 2.45) is 5.92 Å². The molecule has 6 heteroatoms. The average Bonchev–Trinajstić information content (AvgIpc) is 2.72. The van der Waals surface area contributed by atoms with Gasteiger partial charge in [-0.1, -0.05) is 25.1 Å². The number of rotatable bonds is 8. The van der Waals surface area contributed by atoms with Gasteiger partial charge in [-0.15, -0.1) is 0 Å². The Morgan fingerprint density at radius 1 is 0.862 bits per heavy atom. The zero-order valence-electron chi connectivity index (χ0n) is 17.8. The smallest absolute Gasteiger partial charge is 0.303 e. The van der Waals surface area contributed by atoms with E-state index in [1.54, 1.807) is 0 Å². The molecule has 0 amide bonds. The van der Waals surface area contributed by atoms with Crippen LogP contribution >= 0.6 is 0 Å². The van der Waals surface area contributed by atoms with E-state index >= 15 is 0 Å². The molecule has 164 valence electrons. The van der Waals surface area contributed by atoms with Crippen LogP contribution in [0, 0.1) is 5.92 Å². The minimum Gasteiger partial charge on any atom is -0.303 e. The van der Waals surface area contributed by atoms with Gasteiger partial charge in [-0.05, 0) is 82.4 Å². The second-order valence-electron chi connectivity index (χ2n) is 8.67. The third-order valence-electron chi connectivity index (χ3n) is 6.60. The number of hydrogen-bond donors (Lipinski definition) is 0. The number of piperidine rings is 1. The minimum absolute atomic E-state index is 0.504. The molecule has 0 aliphatic carbocycles. The molecule has 0 aromatic heterocycles. The van der Waals surface area contributed by atoms with Gasteiger partial charge in [0.05, 0.1) is 5.56 Å². The van der Waals surface area contributed by atoms with Crippen LogP contribution in [0.25, 0.3) is 0 Å². The Balaban J connectivity index is 1.30. The molecule has 0 atom stereocenters. The quantitative estimate of drug-likeness (QED) is 0.588. The van der Waals surface area contributed by atoms with Crippen LogP contribution in [0.1, 0.15) is 43.7 Å². The summed E-state index contributed by atoms with van der Waals surface area (Å²) in [5.74, 6) is 0.504. The largest absolute Gasteiger partial charge is 0.416 e. The predicted octanol–water partition coefficient (Wildman–Crippen LogP) is 4.38. The van der Waals surface area contributed by atoms with Crippen molar-refractivity contribution in [2.75, 3.05) is 58.9 Å². The number of benzene rings is 1. The lowest BCUT2D eigenvalue weighted by molar-refractivity contribution is -0.137. The Kier molecular flexibility index (Phi) is 8.39. The number of unbranched alkanes of at least 4 members (excludes halogenated alkanes) is 1. The van der Waals surface area contributed by atoms with Gasteiger partial charge in [-0.25, -0.2) is 0 Å². The van der Waals surface area contributed by atoms with E-state index in [9.17, 15) is 13.2 Å². The number of alkyl halides is 3. The van der Waals surface area contributed by atoms with E-state index in [0.717, 1.165) is 57.1 Å². The summed E-state index contributed by atoms with van der Waals surface area (Å²) in [6, 6.07) is 5.86. The van der Waals surface area contributed by atoms with Gasteiger partial charge in [0.1, 0.15) is 0 Å². The third-order valence-corrected chi connectivity index (χ3v) is 6.60. The Morgan fingerprint density at radius 2 is 1.45 bits per heavy atom. The van der Waals surface area contributed by atoms with Crippen LogP contribution in [0.3, 0.4) is 0 Å². The molecule has 0 N–H and O–H groups in total. The molecule has 0 spiro atoms. The molecule has 0 unspecified atom stereocenters. The molecule has 2 aliphatic rings. The van der Waals surface area contributed by atoms with E-state index in [1.165, 1.54) is 57.7 Å². The number of piperazine rings is 1. The van der Waals surface area contributed by atoms with Crippen molar-refractivity contribution in [2.45, 2.75) is 45.2 Å². The monoisotopic (exact) mass is 411 g/mol. The first-order valence-electron chi connectivity index (χ1n) is 11.3. The first-order chi connectivity index (χ1) is 13.9. The average molecular weight is 412 g/mol. The highest BCUT2D eigenvalue weighted by molar-refractivity contribution is 5.26. The fourth-order valence-corrected chi connectivity index (χ4v) is 4.62. The molecule has 2 aliphatic heterocycles. The maximum Gasteiger partial charge on any atom is 0.416 e. The second kappa shape index (κ2) is 10.8. The zero-order chi connectivity index (χ0) is 20.7. The molecule has 3 nitrogen and oxygen atoms in total. The van der Waals surface area contributed by atoms with E-state index in [1.807, 2.05) is 6.07 Å². The SMILES string of the molecule is CCN1CCN(CCCCN2CCC(Cc3cccc(C(F)(F)F)c3)CC2)CC1. The predicted molar refractivity (Wildman–Crippen MR) is 112 cm³/mol. The lowest BCUT2D eigenvalue weighted by Crippen LogP contribution is -2.46. The maximum atomic E-state index is 12.9. The van der Waals surface area contributed by atoms with Crippen molar-refractivity contribution >= 4 is 0 Å². The summed E-state index contributed by atoms with van der Waals surface area (Å²) in [4.78, 5) is 7.64. The van der Waals surface area contributed by atoms with Gasteiger partial charge in [0.2, 0.25) is 0 Å². The van der Waals surface area contributed by atoms with Gasteiger partial charge >= 0.3 is 6.18 Å². The van der Waals surface area contributed by atoms with Crippen LogP contribution in [0.5, 0.6) is 0 Å². The van der Waals surface area contributed by atoms with Crippen molar-refractivity contribution in [3.63, 3.8) is 0 Å². The molecule has 2 fully saturated rings. The summed E-state index contributed by atoms with van der Waals surface area (Å²) in [7, 11) is 0. The number of halogens is 3. The summed E-state index contributed by atoms with van der Waals surface area (Å²) >= 11 is 0. The van der Waals surface area contributed by atoms with Crippen molar-refractivity contribution in [1.29, 1.82) is 0 Å². The second-order valence-corrected chi connectivity index (χ2v) is 8.67. The van der Waals surface area contributed by atoms with Crippen molar-refractivity contribution < 1.29 is 13.2 Å².